The van der Waals surface area contributed by atoms with Crippen molar-refractivity contribution in [1.29, 1.82) is 0 Å². The number of nitrogens with one attached hydrogen (secondary N) is 2. The molecule has 1 aliphatic rings. The summed E-state index contributed by atoms with van der Waals surface area (Å²) >= 11 is 1.61. The minimum absolute atomic E-state index is 0.170. The second-order valence-corrected chi connectivity index (χ2v) is 10.7. The molecule has 1 aromatic heterocycles. The third kappa shape index (κ3) is 6.91. The number of carbonyl (C=O) groups excluding carboxylic acids is 1. The molecule has 0 saturated carbocycles. The maximum absolute atomic E-state index is 12.4. The van der Waals surface area contributed by atoms with Crippen LogP contribution in [0, 0.1) is 5.92 Å². The molecule has 30 heavy (non-hydrogen) atoms. The van der Waals surface area contributed by atoms with Gasteiger partial charge in [0.05, 0.1) is 4.90 Å². The summed E-state index contributed by atoms with van der Waals surface area (Å²) in [7, 11) is -3.58. The Balaban J connectivity index is 1.45. The van der Waals surface area contributed by atoms with Gasteiger partial charge >= 0.3 is 0 Å². The summed E-state index contributed by atoms with van der Waals surface area (Å²) < 4.78 is 27.5. The summed E-state index contributed by atoms with van der Waals surface area (Å²) in [6.07, 6.45) is 4.50. The average Bonchev–Trinajstić information content (AvgIpc) is 3.26. The Bertz CT molecular complexity index is 890. The summed E-state index contributed by atoms with van der Waals surface area (Å²) in [4.78, 5) is 16.2. The summed E-state index contributed by atoms with van der Waals surface area (Å²) in [6.45, 7) is 6.39. The van der Waals surface area contributed by atoms with Crippen LogP contribution < -0.4 is 10.0 Å². The molecular weight excluding hydrogens is 418 g/mol. The molecule has 1 atom stereocenters. The number of piperidine rings is 1. The van der Waals surface area contributed by atoms with E-state index in [-0.39, 0.29) is 10.8 Å². The SMILES string of the molecule is CC(CNC(=O)c1ccc(S(=O)(=O)NCCc2cccs2)cc1)CN1CCCCC1. The Morgan fingerprint density at radius 3 is 2.53 bits per heavy atom. The number of rotatable bonds is 10. The maximum atomic E-state index is 12.4. The van der Waals surface area contributed by atoms with Gasteiger partial charge in [0.25, 0.3) is 5.91 Å². The van der Waals surface area contributed by atoms with Gasteiger partial charge in [0.1, 0.15) is 0 Å². The number of sulfonamides is 1. The van der Waals surface area contributed by atoms with E-state index in [0.717, 1.165) is 24.5 Å². The number of likely N-dealkylation sites (tertiary alicyclic amines) is 1. The van der Waals surface area contributed by atoms with Crippen LogP contribution in [0.2, 0.25) is 0 Å². The predicted molar refractivity (Wildman–Crippen MR) is 121 cm³/mol. The van der Waals surface area contributed by atoms with Crippen LogP contribution in [0.5, 0.6) is 0 Å². The van der Waals surface area contributed by atoms with Crippen molar-refractivity contribution in [3.63, 3.8) is 0 Å². The van der Waals surface area contributed by atoms with Gasteiger partial charge in [-0.15, -0.1) is 11.3 Å². The van der Waals surface area contributed by atoms with Gasteiger partial charge in [-0.1, -0.05) is 19.4 Å². The Kier molecular flexibility index (Phi) is 8.44. The molecule has 6 nitrogen and oxygen atoms in total. The van der Waals surface area contributed by atoms with E-state index >= 15 is 0 Å². The molecule has 2 N–H and O–H groups in total. The molecule has 1 amide bonds. The average molecular weight is 450 g/mol. The largest absolute Gasteiger partial charge is 0.352 e. The zero-order valence-corrected chi connectivity index (χ0v) is 19.1. The maximum Gasteiger partial charge on any atom is 0.251 e. The van der Waals surface area contributed by atoms with E-state index in [1.807, 2.05) is 17.5 Å². The first-order valence-electron chi connectivity index (χ1n) is 10.6. The minimum Gasteiger partial charge on any atom is -0.352 e. The number of nitrogens with zero attached hydrogens (tertiary/aromatic N) is 1. The molecule has 1 unspecified atom stereocenters. The van der Waals surface area contributed by atoms with E-state index in [1.54, 1.807) is 23.5 Å². The van der Waals surface area contributed by atoms with Crippen LogP contribution in [0.1, 0.15) is 41.4 Å². The Morgan fingerprint density at radius 1 is 1.13 bits per heavy atom. The van der Waals surface area contributed by atoms with Crippen molar-refractivity contribution in [3.8, 4) is 0 Å². The smallest absolute Gasteiger partial charge is 0.251 e. The Morgan fingerprint density at radius 2 is 1.87 bits per heavy atom. The van der Waals surface area contributed by atoms with Crippen LogP contribution >= 0.6 is 11.3 Å². The number of amides is 1. The van der Waals surface area contributed by atoms with Crippen LogP contribution in [-0.4, -0.2) is 51.9 Å². The van der Waals surface area contributed by atoms with Gasteiger partial charge in [-0.2, -0.15) is 0 Å². The highest BCUT2D eigenvalue weighted by molar-refractivity contribution is 7.89. The molecule has 164 valence electrons. The van der Waals surface area contributed by atoms with Gasteiger partial charge < -0.3 is 10.2 Å². The monoisotopic (exact) mass is 449 g/mol. The molecule has 1 aliphatic heterocycles. The molecule has 0 spiro atoms. The lowest BCUT2D eigenvalue weighted by Crippen LogP contribution is -2.38. The van der Waals surface area contributed by atoms with Crippen LogP contribution in [0.3, 0.4) is 0 Å². The van der Waals surface area contributed by atoms with Crippen molar-refractivity contribution in [1.82, 2.24) is 14.9 Å². The van der Waals surface area contributed by atoms with E-state index < -0.39 is 10.0 Å². The number of thiophene rings is 1. The highest BCUT2D eigenvalue weighted by Crippen LogP contribution is 2.13. The summed E-state index contributed by atoms with van der Waals surface area (Å²) in [5, 5.41) is 4.94. The fourth-order valence-corrected chi connectivity index (χ4v) is 5.39. The molecular formula is C22H31N3O3S2. The van der Waals surface area contributed by atoms with E-state index in [9.17, 15) is 13.2 Å². The molecule has 0 bridgehead atoms. The van der Waals surface area contributed by atoms with Gasteiger partial charge in [0.2, 0.25) is 10.0 Å². The van der Waals surface area contributed by atoms with Crippen LogP contribution in [-0.2, 0) is 16.4 Å². The van der Waals surface area contributed by atoms with E-state index in [2.05, 4.69) is 21.9 Å². The molecule has 0 radical (unpaired) electrons. The minimum atomic E-state index is -3.58. The normalized spacial score (nSPS) is 16.3. The van der Waals surface area contributed by atoms with Crippen molar-refractivity contribution >= 4 is 27.3 Å². The summed E-state index contributed by atoms with van der Waals surface area (Å²) in [5.41, 5.74) is 0.470. The second kappa shape index (κ2) is 11.0. The quantitative estimate of drug-likeness (QED) is 0.584. The van der Waals surface area contributed by atoms with Crippen LogP contribution in [0.15, 0.2) is 46.7 Å². The molecule has 3 rings (SSSR count). The number of hydrogen-bond donors (Lipinski definition) is 2. The topological polar surface area (TPSA) is 78.5 Å². The predicted octanol–water partition coefficient (Wildman–Crippen LogP) is 3.12. The van der Waals surface area contributed by atoms with Gasteiger partial charge in [-0.3, -0.25) is 4.79 Å². The molecule has 2 heterocycles. The highest BCUT2D eigenvalue weighted by atomic mass is 32.2. The molecule has 2 aromatic rings. The summed E-state index contributed by atoms with van der Waals surface area (Å²) in [5.74, 6) is 0.203. The van der Waals surface area contributed by atoms with Crippen molar-refractivity contribution in [2.75, 3.05) is 32.7 Å². The molecule has 1 fully saturated rings. The zero-order chi connectivity index (χ0) is 21.4. The van der Waals surface area contributed by atoms with Gasteiger partial charge in [-0.05, 0) is 74.0 Å². The first-order valence-corrected chi connectivity index (χ1v) is 12.9. The van der Waals surface area contributed by atoms with Gasteiger partial charge in [0, 0.05) is 30.1 Å². The Hall–Kier alpha value is -1.74. The Labute approximate surface area is 183 Å². The summed E-state index contributed by atoms with van der Waals surface area (Å²) in [6, 6.07) is 10.0. The molecule has 1 aromatic carbocycles. The number of hydrogen-bond acceptors (Lipinski definition) is 5. The fourth-order valence-electron chi connectivity index (χ4n) is 3.65. The van der Waals surface area contributed by atoms with E-state index in [4.69, 9.17) is 0 Å². The molecule has 1 saturated heterocycles. The fraction of sp³-hybridized carbons (Fsp3) is 0.500. The van der Waals surface area contributed by atoms with E-state index in [0.29, 0.717) is 31.0 Å². The molecule has 8 heteroatoms. The number of benzene rings is 1. The van der Waals surface area contributed by atoms with Gasteiger partial charge in [0.15, 0.2) is 0 Å². The third-order valence-corrected chi connectivity index (χ3v) is 7.71. The van der Waals surface area contributed by atoms with E-state index in [1.165, 1.54) is 31.4 Å². The lowest BCUT2D eigenvalue weighted by Gasteiger charge is -2.29. The van der Waals surface area contributed by atoms with Crippen molar-refractivity contribution in [2.45, 2.75) is 37.5 Å². The lowest BCUT2D eigenvalue weighted by atomic mass is 10.1. The highest BCUT2D eigenvalue weighted by Gasteiger charge is 2.16. The van der Waals surface area contributed by atoms with Crippen LogP contribution in [0.25, 0.3) is 0 Å². The zero-order valence-electron chi connectivity index (χ0n) is 17.5. The van der Waals surface area contributed by atoms with Crippen molar-refractivity contribution in [3.05, 3.63) is 52.2 Å². The first kappa shape index (κ1) is 22.9. The lowest BCUT2D eigenvalue weighted by molar-refractivity contribution is 0.0942. The van der Waals surface area contributed by atoms with Crippen molar-refractivity contribution in [2.24, 2.45) is 5.92 Å². The third-order valence-electron chi connectivity index (χ3n) is 5.30. The second-order valence-electron chi connectivity index (χ2n) is 7.93. The first-order chi connectivity index (χ1) is 14.4. The number of carbonyl (C=O) groups is 1. The standard InChI is InChI=1S/C22H31N3O3S2/c1-18(17-25-13-3-2-4-14-25)16-23-22(26)19-7-9-21(10-8-19)30(27,28)24-12-11-20-6-5-15-29-20/h5-10,15,18,24H,2-4,11-14,16-17H2,1H3,(H,23,26). The molecule has 0 aliphatic carbocycles. The van der Waals surface area contributed by atoms with Gasteiger partial charge in [-0.25, -0.2) is 13.1 Å². The van der Waals surface area contributed by atoms with Crippen molar-refractivity contribution < 1.29 is 13.2 Å². The van der Waals surface area contributed by atoms with Crippen LogP contribution in [0.4, 0.5) is 0 Å².